The van der Waals surface area contributed by atoms with Gasteiger partial charge in [-0.15, -0.1) is 0 Å². The summed E-state index contributed by atoms with van der Waals surface area (Å²) in [7, 11) is 0. The van der Waals surface area contributed by atoms with E-state index >= 15 is 0 Å². The summed E-state index contributed by atoms with van der Waals surface area (Å²) in [5.74, 6) is 0.341. The minimum atomic E-state index is -0.323. The lowest BCUT2D eigenvalue weighted by atomic mass is 9.79. The molecular weight excluding hydrogens is 378 g/mol. The summed E-state index contributed by atoms with van der Waals surface area (Å²) >= 11 is 0. The van der Waals surface area contributed by atoms with Crippen molar-refractivity contribution in [3.8, 4) is 11.1 Å². The lowest BCUT2D eigenvalue weighted by Gasteiger charge is -2.34. The van der Waals surface area contributed by atoms with E-state index in [2.05, 4.69) is 107 Å². The van der Waals surface area contributed by atoms with Crippen molar-refractivity contribution in [2.24, 2.45) is 10.9 Å². The molecule has 0 fully saturated rings. The molecule has 1 aliphatic heterocycles. The molecule has 2 nitrogen and oxygen atoms in total. The summed E-state index contributed by atoms with van der Waals surface area (Å²) in [6.07, 6.45) is -0.0954. The Morgan fingerprint density at radius 3 is 1.84 bits per heavy atom. The van der Waals surface area contributed by atoms with Crippen molar-refractivity contribution in [3.05, 3.63) is 101 Å². The van der Waals surface area contributed by atoms with Crippen LogP contribution in [0.2, 0.25) is 0 Å². The average Bonchev–Trinajstić information content (AvgIpc) is 3.28. The van der Waals surface area contributed by atoms with Gasteiger partial charge in [0.1, 0.15) is 6.10 Å². The molecule has 0 spiro atoms. The zero-order valence-corrected chi connectivity index (χ0v) is 18.7. The maximum Gasteiger partial charge on any atom is 0.110 e. The summed E-state index contributed by atoms with van der Waals surface area (Å²) in [5.41, 5.74) is 9.54. The molecule has 0 saturated carbocycles. The Morgan fingerprint density at radius 2 is 1.32 bits per heavy atom. The monoisotopic (exact) mass is 407 g/mol. The molecule has 1 aliphatic carbocycles. The maximum atomic E-state index is 6.51. The highest BCUT2D eigenvalue weighted by atomic mass is 16.5. The normalized spacial score (nSPS) is 22.0. The average molecular weight is 408 g/mol. The van der Waals surface area contributed by atoms with Crippen LogP contribution >= 0.6 is 0 Å². The quantitative estimate of drug-likeness (QED) is 0.365. The van der Waals surface area contributed by atoms with E-state index in [1.165, 1.54) is 33.4 Å². The highest BCUT2D eigenvalue weighted by Crippen LogP contribution is 2.50. The molecule has 0 radical (unpaired) electrons. The van der Waals surface area contributed by atoms with Gasteiger partial charge in [-0.2, -0.15) is 0 Å². The van der Waals surface area contributed by atoms with E-state index < -0.39 is 0 Å². The van der Waals surface area contributed by atoms with Gasteiger partial charge >= 0.3 is 0 Å². The minimum absolute atomic E-state index is 0.0954. The summed E-state index contributed by atoms with van der Waals surface area (Å²) in [5, 5.41) is 0. The first-order valence-corrected chi connectivity index (χ1v) is 11.3. The largest absolute Gasteiger partial charge is 0.371 e. The van der Waals surface area contributed by atoms with Crippen molar-refractivity contribution in [2.45, 2.75) is 39.3 Å². The van der Waals surface area contributed by atoms with Crippen LogP contribution in [0.3, 0.4) is 0 Å². The highest BCUT2D eigenvalue weighted by molar-refractivity contribution is 6.22. The second-order valence-corrected chi connectivity index (χ2v) is 8.92. The smallest absolute Gasteiger partial charge is 0.110 e. The van der Waals surface area contributed by atoms with Gasteiger partial charge in [-0.05, 0) is 47.6 Å². The SMILES string of the molecule is CCOC1C(=C2c3ccccc3-c3ccccc32)C(c2ccccc2)=N[C@@]1(C)C(C)C. The van der Waals surface area contributed by atoms with Crippen molar-refractivity contribution in [2.75, 3.05) is 6.61 Å². The van der Waals surface area contributed by atoms with Crippen molar-refractivity contribution in [3.63, 3.8) is 0 Å². The second-order valence-electron chi connectivity index (χ2n) is 8.92. The van der Waals surface area contributed by atoms with E-state index in [4.69, 9.17) is 9.73 Å². The van der Waals surface area contributed by atoms with Crippen molar-refractivity contribution in [1.29, 1.82) is 0 Å². The molecule has 0 bridgehead atoms. The predicted octanol–water partition coefficient (Wildman–Crippen LogP) is 6.79. The number of hydrogen-bond donors (Lipinski definition) is 0. The van der Waals surface area contributed by atoms with E-state index in [0.717, 1.165) is 11.3 Å². The van der Waals surface area contributed by atoms with Gasteiger partial charge in [0.2, 0.25) is 0 Å². The van der Waals surface area contributed by atoms with Crippen LogP contribution in [0.15, 0.2) is 89.4 Å². The first-order chi connectivity index (χ1) is 15.1. The van der Waals surface area contributed by atoms with Crippen molar-refractivity contribution >= 4 is 11.3 Å². The molecule has 0 aromatic heterocycles. The third-order valence-electron chi connectivity index (χ3n) is 6.90. The number of aliphatic imine (C=N–C) groups is 1. The summed E-state index contributed by atoms with van der Waals surface area (Å²) < 4.78 is 6.51. The molecule has 3 aromatic rings. The maximum absolute atomic E-state index is 6.51. The lowest BCUT2D eigenvalue weighted by molar-refractivity contribution is 0.0308. The molecule has 0 N–H and O–H groups in total. The van der Waals surface area contributed by atoms with Crippen LogP contribution < -0.4 is 0 Å². The van der Waals surface area contributed by atoms with Crippen molar-refractivity contribution in [1.82, 2.24) is 0 Å². The Labute approximate surface area is 185 Å². The van der Waals surface area contributed by atoms with Gasteiger partial charge in [0.25, 0.3) is 0 Å². The molecule has 2 atom stereocenters. The number of nitrogens with zero attached hydrogens (tertiary/aromatic N) is 1. The van der Waals surface area contributed by atoms with Crippen LogP contribution in [-0.4, -0.2) is 24.0 Å². The Hall–Kier alpha value is -2.97. The van der Waals surface area contributed by atoms with Crippen LogP contribution in [0.5, 0.6) is 0 Å². The van der Waals surface area contributed by atoms with Gasteiger partial charge < -0.3 is 4.74 Å². The van der Waals surface area contributed by atoms with Crippen LogP contribution in [0.1, 0.15) is 44.4 Å². The number of benzene rings is 3. The van der Waals surface area contributed by atoms with Gasteiger partial charge in [0, 0.05) is 17.7 Å². The highest BCUT2D eigenvalue weighted by Gasteiger charge is 2.49. The Bertz CT molecular complexity index is 1140. The fourth-order valence-electron chi connectivity index (χ4n) is 5.00. The van der Waals surface area contributed by atoms with E-state index in [-0.39, 0.29) is 11.6 Å². The first kappa shape index (κ1) is 20.0. The predicted molar refractivity (Wildman–Crippen MR) is 130 cm³/mol. The lowest BCUT2D eigenvalue weighted by Crippen LogP contribution is -2.42. The summed E-state index contributed by atoms with van der Waals surface area (Å²) in [6, 6.07) is 28.1. The molecule has 2 aliphatic rings. The van der Waals surface area contributed by atoms with Gasteiger partial charge in [0.05, 0.1) is 11.3 Å². The zero-order chi connectivity index (χ0) is 21.6. The molecule has 1 unspecified atom stereocenters. The van der Waals surface area contributed by atoms with E-state index in [0.29, 0.717) is 12.5 Å². The first-order valence-electron chi connectivity index (χ1n) is 11.3. The Kier molecular flexibility index (Phi) is 4.91. The minimum Gasteiger partial charge on any atom is -0.371 e. The molecule has 2 heteroatoms. The molecular formula is C29H29NO. The van der Waals surface area contributed by atoms with E-state index in [9.17, 15) is 0 Å². The molecule has 31 heavy (non-hydrogen) atoms. The third-order valence-corrected chi connectivity index (χ3v) is 6.90. The molecule has 0 saturated heterocycles. The van der Waals surface area contributed by atoms with Crippen molar-refractivity contribution < 1.29 is 4.74 Å². The number of fused-ring (bicyclic) bond motifs is 3. The second kappa shape index (κ2) is 7.62. The van der Waals surface area contributed by atoms with Gasteiger partial charge in [0.15, 0.2) is 0 Å². The number of ether oxygens (including phenoxy) is 1. The number of rotatable bonds is 4. The molecule has 3 aromatic carbocycles. The third kappa shape index (κ3) is 3.01. The fourth-order valence-corrected chi connectivity index (χ4v) is 5.00. The summed E-state index contributed by atoms with van der Waals surface area (Å²) in [6.45, 7) is 9.50. The Morgan fingerprint density at radius 1 is 0.806 bits per heavy atom. The topological polar surface area (TPSA) is 21.6 Å². The van der Waals surface area contributed by atoms with E-state index in [1.807, 2.05) is 0 Å². The van der Waals surface area contributed by atoms with Crippen LogP contribution in [-0.2, 0) is 4.74 Å². The van der Waals surface area contributed by atoms with Crippen LogP contribution in [0, 0.1) is 5.92 Å². The molecule has 1 heterocycles. The number of hydrogen-bond acceptors (Lipinski definition) is 2. The zero-order valence-electron chi connectivity index (χ0n) is 18.7. The molecule has 0 amide bonds. The van der Waals surface area contributed by atoms with Crippen LogP contribution in [0.4, 0.5) is 0 Å². The van der Waals surface area contributed by atoms with Gasteiger partial charge in [-0.3, -0.25) is 4.99 Å². The Balaban J connectivity index is 1.87. The van der Waals surface area contributed by atoms with Gasteiger partial charge in [-0.25, -0.2) is 0 Å². The van der Waals surface area contributed by atoms with Crippen LogP contribution in [0.25, 0.3) is 16.7 Å². The summed E-state index contributed by atoms with van der Waals surface area (Å²) in [4.78, 5) is 5.40. The van der Waals surface area contributed by atoms with E-state index in [1.54, 1.807) is 0 Å². The fraction of sp³-hybridized carbons (Fsp3) is 0.276. The van der Waals surface area contributed by atoms with Gasteiger partial charge in [-0.1, -0.05) is 92.7 Å². The molecule has 156 valence electrons. The standard InChI is InChI=1S/C29H29NO/c1-5-31-28-26(27(20-13-7-6-8-14-20)30-29(28,4)19(2)3)25-23-17-11-9-15-21(23)22-16-10-12-18-24(22)25/h6-19,28H,5H2,1-4H3/t28?,29-/m0/s1. The molecule has 5 rings (SSSR count).